The van der Waals surface area contributed by atoms with Crippen LogP contribution in [0.1, 0.15) is 37.7 Å². The molecule has 1 saturated carbocycles. The Morgan fingerprint density at radius 1 is 1.35 bits per heavy atom. The van der Waals surface area contributed by atoms with E-state index in [0.29, 0.717) is 18.5 Å². The van der Waals surface area contributed by atoms with Crippen molar-refractivity contribution in [2.75, 3.05) is 5.32 Å². The van der Waals surface area contributed by atoms with E-state index in [4.69, 9.17) is 0 Å². The summed E-state index contributed by atoms with van der Waals surface area (Å²) in [5.41, 5.74) is 0.861. The predicted octanol–water partition coefficient (Wildman–Crippen LogP) is 3.73. The molecule has 20 heavy (non-hydrogen) atoms. The highest BCUT2D eigenvalue weighted by molar-refractivity contribution is 9.10. The molecule has 1 fully saturated rings. The SMILES string of the molecule is Cc1cc(NC(=O)CC2(C(=O)O)CCCC2)ccc1Br. The predicted molar refractivity (Wildman–Crippen MR) is 80.7 cm³/mol. The molecule has 2 rings (SSSR count). The van der Waals surface area contributed by atoms with Gasteiger partial charge in [-0.3, -0.25) is 9.59 Å². The first kappa shape index (κ1) is 15.0. The quantitative estimate of drug-likeness (QED) is 0.878. The molecule has 0 aliphatic heterocycles. The maximum atomic E-state index is 12.1. The fourth-order valence-electron chi connectivity index (χ4n) is 2.75. The average Bonchev–Trinajstić information content (AvgIpc) is 2.83. The number of carbonyl (C=O) groups excluding carboxylic acids is 1. The van der Waals surface area contributed by atoms with Crippen LogP contribution in [0, 0.1) is 12.3 Å². The van der Waals surface area contributed by atoms with Crippen molar-refractivity contribution >= 4 is 33.5 Å². The van der Waals surface area contributed by atoms with Crippen molar-refractivity contribution < 1.29 is 14.7 Å². The number of carboxylic acids is 1. The molecular formula is C15H18BrNO3. The van der Waals surface area contributed by atoms with Crippen LogP contribution in [0.4, 0.5) is 5.69 Å². The Morgan fingerprint density at radius 2 is 2.00 bits per heavy atom. The zero-order valence-electron chi connectivity index (χ0n) is 11.4. The van der Waals surface area contributed by atoms with E-state index >= 15 is 0 Å². The number of carboxylic acid groups (broad SMARTS) is 1. The number of aliphatic carboxylic acids is 1. The molecule has 1 amide bonds. The molecule has 4 nitrogen and oxygen atoms in total. The lowest BCUT2D eigenvalue weighted by molar-refractivity contribution is -0.150. The van der Waals surface area contributed by atoms with E-state index in [-0.39, 0.29) is 12.3 Å². The molecule has 0 aromatic heterocycles. The van der Waals surface area contributed by atoms with E-state index in [0.717, 1.165) is 22.9 Å². The van der Waals surface area contributed by atoms with Crippen LogP contribution >= 0.6 is 15.9 Å². The Kier molecular flexibility index (Phi) is 4.48. The number of hydrogen-bond acceptors (Lipinski definition) is 2. The van der Waals surface area contributed by atoms with Crippen LogP contribution in [0.5, 0.6) is 0 Å². The standard InChI is InChI=1S/C15H18BrNO3/c1-10-8-11(4-5-12(10)16)17-13(18)9-15(14(19)20)6-2-3-7-15/h4-5,8H,2-3,6-7,9H2,1H3,(H,17,18)(H,19,20). The third-order valence-corrected chi connectivity index (χ3v) is 4.84. The molecule has 0 spiro atoms. The molecule has 1 aliphatic carbocycles. The number of aryl methyl sites for hydroxylation is 1. The molecule has 0 bridgehead atoms. The van der Waals surface area contributed by atoms with Crippen molar-refractivity contribution in [3.8, 4) is 0 Å². The number of carbonyl (C=O) groups is 2. The number of nitrogens with one attached hydrogen (secondary N) is 1. The van der Waals surface area contributed by atoms with Crippen molar-refractivity contribution in [2.24, 2.45) is 5.41 Å². The summed E-state index contributed by atoms with van der Waals surface area (Å²) in [5.74, 6) is -1.08. The molecule has 0 saturated heterocycles. The molecule has 0 radical (unpaired) electrons. The summed E-state index contributed by atoms with van der Waals surface area (Å²) in [7, 11) is 0. The van der Waals surface area contributed by atoms with Gasteiger partial charge < -0.3 is 10.4 Å². The molecular weight excluding hydrogens is 322 g/mol. The summed E-state index contributed by atoms with van der Waals surface area (Å²) in [4.78, 5) is 23.5. The molecule has 1 aliphatic rings. The molecule has 5 heteroatoms. The second-order valence-corrected chi connectivity index (χ2v) is 6.34. The summed E-state index contributed by atoms with van der Waals surface area (Å²) in [6, 6.07) is 5.54. The van der Waals surface area contributed by atoms with Gasteiger partial charge >= 0.3 is 5.97 Å². The highest BCUT2D eigenvalue weighted by Gasteiger charge is 2.42. The smallest absolute Gasteiger partial charge is 0.310 e. The van der Waals surface area contributed by atoms with Gasteiger partial charge in [-0.1, -0.05) is 28.8 Å². The monoisotopic (exact) mass is 339 g/mol. The van der Waals surface area contributed by atoms with Crippen molar-refractivity contribution in [2.45, 2.75) is 39.0 Å². The van der Waals surface area contributed by atoms with Crippen LogP contribution in [0.2, 0.25) is 0 Å². The second-order valence-electron chi connectivity index (χ2n) is 5.48. The summed E-state index contributed by atoms with van der Waals surface area (Å²) in [6.07, 6.45) is 3.01. The van der Waals surface area contributed by atoms with Gasteiger partial charge in [0.15, 0.2) is 0 Å². The van der Waals surface area contributed by atoms with Gasteiger partial charge in [0.1, 0.15) is 0 Å². The second kappa shape index (κ2) is 5.95. The topological polar surface area (TPSA) is 66.4 Å². The van der Waals surface area contributed by atoms with E-state index < -0.39 is 11.4 Å². The number of anilines is 1. The molecule has 0 atom stereocenters. The van der Waals surface area contributed by atoms with Gasteiger partial charge in [-0.15, -0.1) is 0 Å². The van der Waals surface area contributed by atoms with Crippen LogP contribution < -0.4 is 5.32 Å². The Bertz CT molecular complexity index is 536. The zero-order valence-corrected chi connectivity index (χ0v) is 13.0. The first-order valence-corrected chi connectivity index (χ1v) is 7.52. The third kappa shape index (κ3) is 3.20. The van der Waals surface area contributed by atoms with Gasteiger partial charge in [0.05, 0.1) is 5.41 Å². The first-order chi connectivity index (χ1) is 9.43. The number of amides is 1. The van der Waals surface area contributed by atoms with E-state index in [2.05, 4.69) is 21.2 Å². The van der Waals surface area contributed by atoms with Gasteiger partial charge in [-0.25, -0.2) is 0 Å². The number of hydrogen-bond donors (Lipinski definition) is 2. The summed E-state index contributed by atoms with van der Waals surface area (Å²) in [5, 5.41) is 12.2. The van der Waals surface area contributed by atoms with Crippen LogP contribution in [-0.4, -0.2) is 17.0 Å². The van der Waals surface area contributed by atoms with E-state index in [9.17, 15) is 14.7 Å². The van der Waals surface area contributed by atoms with Gasteiger partial charge in [0.25, 0.3) is 0 Å². The van der Waals surface area contributed by atoms with Gasteiger partial charge in [-0.2, -0.15) is 0 Å². The largest absolute Gasteiger partial charge is 0.481 e. The van der Waals surface area contributed by atoms with Gasteiger partial charge in [0, 0.05) is 16.6 Å². The number of rotatable bonds is 4. The summed E-state index contributed by atoms with van der Waals surface area (Å²) in [6.45, 7) is 1.94. The van der Waals surface area contributed by atoms with Gasteiger partial charge in [0.2, 0.25) is 5.91 Å². The molecule has 108 valence electrons. The van der Waals surface area contributed by atoms with Crippen LogP contribution in [0.3, 0.4) is 0 Å². The van der Waals surface area contributed by atoms with Crippen molar-refractivity contribution in [1.29, 1.82) is 0 Å². The van der Waals surface area contributed by atoms with E-state index in [1.807, 2.05) is 19.1 Å². The minimum Gasteiger partial charge on any atom is -0.481 e. The fourth-order valence-corrected chi connectivity index (χ4v) is 3.00. The molecule has 0 heterocycles. The van der Waals surface area contributed by atoms with Crippen LogP contribution in [0.15, 0.2) is 22.7 Å². The Labute approximate surface area is 126 Å². The van der Waals surface area contributed by atoms with Crippen molar-refractivity contribution in [3.05, 3.63) is 28.2 Å². The highest BCUT2D eigenvalue weighted by atomic mass is 79.9. The minimum atomic E-state index is -0.867. The lowest BCUT2D eigenvalue weighted by Gasteiger charge is -2.22. The third-order valence-electron chi connectivity index (χ3n) is 3.95. The van der Waals surface area contributed by atoms with E-state index in [1.165, 1.54) is 0 Å². The molecule has 1 aromatic carbocycles. The Balaban J connectivity index is 2.04. The maximum Gasteiger partial charge on any atom is 0.310 e. The number of benzene rings is 1. The lowest BCUT2D eigenvalue weighted by atomic mass is 9.82. The van der Waals surface area contributed by atoms with E-state index in [1.54, 1.807) is 6.07 Å². The van der Waals surface area contributed by atoms with Crippen molar-refractivity contribution in [3.63, 3.8) is 0 Å². The zero-order chi connectivity index (χ0) is 14.8. The lowest BCUT2D eigenvalue weighted by Crippen LogP contribution is -2.32. The Morgan fingerprint density at radius 3 is 2.55 bits per heavy atom. The summed E-state index contributed by atoms with van der Waals surface area (Å²) < 4.78 is 0.980. The van der Waals surface area contributed by atoms with Gasteiger partial charge in [-0.05, 0) is 43.5 Å². The summed E-state index contributed by atoms with van der Waals surface area (Å²) >= 11 is 3.40. The molecule has 0 unspecified atom stereocenters. The maximum absolute atomic E-state index is 12.1. The van der Waals surface area contributed by atoms with Crippen LogP contribution in [0.25, 0.3) is 0 Å². The normalized spacial score (nSPS) is 16.9. The molecule has 1 aromatic rings. The van der Waals surface area contributed by atoms with Crippen LogP contribution in [-0.2, 0) is 9.59 Å². The first-order valence-electron chi connectivity index (χ1n) is 6.72. The minimum absolute atomic E-state index is 0.0530. The molecule has 2 N–H and O–H groups in total. The number of halogens is 1. The fraction of sp³-hybridized carbons (Fsp3) is 0.467. The highest BCUT2D eigenvalue weighted by Crippen LogP contribution is 2.41. The average molecular weight is 340 g/mol. The Hall–Kier alpha value is -1.36. The van der Waals surface area contributed by atoms with Crippen molar-refractivity contribution in [1.82, 2.24) is 0 Å².